The second-order valence-corrected chi connectivity index (χ2v) is 5.07. The molecular formula is C16H14N2O2. The maximum Gasteiger partial charge on any atom is 0.251 e. The third-order valence-corrected chi connectivity index (χ3v) is 3.79. The second kappa shape index (κ2) is 4.86. The largest absolute Gasteiger partial charge is 0.494 e. The molecule has 100 valence electrons. The molecule has 0 amide bonds. The minimum absolute atomic E-state index is 0.111. The number of H-pyrrole nitrogens is 1. The summed E-state index contributed by atoms with van der Waals surface area (Å²) in [4.78, 5) is 13.8. The van der Waals surface area contributed by atoms with Gasteiger partial charge in [-0.25, -0.2) is 0 Å². The molecule has 20 heavy (non-hydrogen) atoms. The normalized spacial score (nSPS) is 13.6. The molecule has 3 rings (SSSR count). The fraction of sp³-hybridized carbons (Fsp3) is 0.250. The SMILES string of the molecule is N#Cc1c(-c2ccc3c(c2)CCCC3)cc(=O)[nH]c1O. The van der Waals surface area contributed by atoms with E-state index in [1.165, 1.54) is 30.0 Å². The third-order valence-electron chi connectivity index (χ3n) is 3.79. The van der Waals surface area contributed by atoms with Gasteiger partial charge in [0.2, 0.25) is 5.88 Å². The van der Waals surface area contributed by atoms with Crippen LogP contribution in [0.25, 0.3) is 11.1 Å². The molecule has 0 radical (unpaired) electrons. The smallest absolute Gasteiger partial charge is 0.251 e. The minimum atomic E-state index is -0.408. The summed E-state index contributed by atoms with van der Waals surface area (Å²) < 4.78 is 0. The fourth-order valence-corrected chi connectivity index (χ4v) is 2.79. The number of pyridine rings is 1. The van der Waals surface area contributed by atoms with Crippen molar-refractivity contribution in [2.45, 2.75) is 25.7 Å². The Morgan fingerprint density at radius 1 is 1.15 bits per heavy atom. The first kappa shape index (κ1) is 12.5. The molecule has 0 aliphatic heterocycles. The molecule has 0 atom stereocenters. The standard InChI is InChI=1S/C16H14N2O2/c17-9-14-13(8-15(19)18-16(14)20)12-6-5-10-3-1-2-4-11(10)7-12/h5-8H,1-4H2,(H2,18,19,20). The van der Waals surface area contributed by atoms with Crippen LogP contribution in [0.3, 0.4) is 0 Å². The van der Waals surface area contributed by atoms with Crippen molar-refractivity contribution in [1.29, 1.82) is 5.26 Å². The summed E-state index contributed by atoms with van der Waals surface area (Å²) in [5, 5.41) is 18.9. The van der Waals surface area contributed by atoms with Gasteiger partial charge in [0.25, 0.3) is 5.56 Å². The van der Waals surface area contributed by atoms with Crippen LogP contribution in [0.1, 0.15) is 29.5 Å². The predicted octanol–water partition coefficient (Wildman–Crippen LogP) is 2.50. The highest BCUT2D eigenvalue weighted by Crippen LogP contribution is 2.30. The van der Waals surface area contributed by atoms with Crippen LogP contribution in [0, 0.1) is 11.3 Å². The van der Waals surface area contributed by atoms with Gasteiger partial charge in [0, 0.05) is 11.6 Å². The van der Waals surface area contributed by atoms with E-state index in [0.29, 0.717) is 5.56 Å². The number of hydrogen-bond acceptors (Lipinski definition) is 3. The lowest BCUT2D eigenvalue weighted by molar-refractivity contribution is 0.450. The molecule has 2 aromatic rings. The highest BCUT2D eigenvalue weighted by molar-refractivity contribution is 5.73. The Labute approximate surface area is 116 Å². The van der Waals surface area contributed by atoms with Gasteiger partial charge in [0.05, 0.1) is 0 Å². The highest BCUT2D eigenvalue weighted by Gasteiger charge is 2.15. The van der Waals surface area contributed by atoms with Crippen molar-refractivity contribution in [3.05, 3.63) is 51.3 Å². The average molecular weight is 266 g/mol. The van der Waals surface area contributed by atoms with Gasteiger partial charge in [-0.2, -0.15) is 5.26 Å². The molecule has 1 aliphatic carbocycles. The average Bonchev–Trinajstić information content (AvgIpc) is 2.46. The first-order valence-corrected chi connectivity index (χ1v) is 6.67. The van der Waals surface area contributed by atoms with Crippen molar-refractivity contribution in [3.63, 3.8) is 0 Å². The lowest BCUT2D eigenvalue weighted by atomic mass is 9.88. The summed E-state index contributed by atoms with van der Waals surface area (Å²) in [5.74, 6) is -0.368. The van der Waals surface area contributed by atoms with Crippen LogP contribution in [0.5, 0.6) is 5.88 Å². The number of rotatable bonds is 1. The van der Waals surface area contributed by atoms with E-state index in [1.54, 1.807) is 0 Å². The number of nitriles is 1. The van der Waals surface area contributed by atoms with E-state index in [2.05, 4.69) is 11.1 Å². The van der Waals surface area contributed by atoms with Crippen molar-refractivity contribution in [2.24, 2.45) is 0 Å². The summed E-state index contributed by atoms with van der Waals surface area (Å²) in [7, 11) is 0. The molecule has 0 saturated carbocycles. The zero-order valence-electron chi connectivity index (χ0n) is 10.9. The first-order valence-electron chi connectivity index (χ1n) is 6.67. The van der Waals surface area contributed by atoms with Gasteiger partial charge in [-0.3, -0.25) is 9.78 Å². The summed E-state index contributed by atoms with van der Waals surface area (Å²) in [5.41, 5.74) is 3.62. The quantitative estimate of drug-likeness (QED) is 0.832. The van der Waals surface area contributed by atoms with Gasteiger partial charge in [-0.15, -0.1) is 0 Å². The molecule has 4 heteroatoms. The van der Waals surface area contributed by atoms with Crippen molar-refractivity contribution >= 4 is 0 Å². The van der Waals surface area contributed by atoms with Crippen molar-refractivity contribution in [1.82, 2.24) is 4.98 Å². The number of aromatic hydroxyl groups is 1. The topological polar surface area (TPSA) is 76.9 Å². The Morgan fingerprint density at radius 3 is 2.65 bits per heavy atom. The molecular weight excluding hydrogens is 252 g/mol. The second-order valence-electron chi connectivity index (χ2n) is 5.07. The minimum Gasteiger partial charge on any atom is -0.494 e. The van der Waals surface area contributed by atoms with Crippen molar-refractivity contribution in [2.75, 3.05) is 0 Å². The summed E-state index contributed by atoms with van der Waals surface area (Å²) in [6.07, 6.45) is 4.49. The van der Waals surface area contributed by atoms with Gasteiger partial charge >= 0.3 is 0 Å². The molecule has 1 aliphatic rings. The zero-order valence-corrected chi connectivity index (χ0v) is 10.9. The summed E-state index contributed by atoms with van der Waals surface area (Å²) in [6, 6.07) is 9.32. The number of hydrogen-bond donors (Lipinski definition) is 2. The Hall–Kier alpha value is -2.54. The Morgan fingerprint density at radius 2 is 1.90 bits per heavy atom. The maximum atomic E-state index is 11.5. The van der Waals surface area contributed by atoms with E-state index in [0.717, 1.165) is 18.4 Å². The number of nitrogens with one attached hydrogen (secondary N) is 1. The lowest BCUT2D eigenvalue weighted by Crippen LogP contribution is -2.07. The van der Waals surface area contributed by atoms with Crippen molar-refractivity contribution < 1.29 is 5.11 Å². The molecule has 0 fully saturated rings. The van der Waals surface area contributed by atoms with Gasteiger partial charge in [-0.1, -0.05) is 18.2 Å². The van der Waals surface area contributed by atoms with E-state index in [9.17, 15) is 9.90 Å². The molecule has 1 aromatic carbocycles. The van der Waals surface area contributed by atoms with Gasteiger partial charge < -0.3 is 5.11 Å². The predicted molar refractivity (Wildman–Crippen MR) is 75.5 cm³/mol. The first-order chi connectivity index (χ1) is 9.69. The number of aryl methyl sites for hydroxylation is 2. The van der Waals surface area contributed by atoms with Crippen LogP contribution >= 0.6 is 0 Å². The number of aromatic nitrogens is 1. The van der Waals surface area contributed by atoms with Crippen LogP contribution in [0.15, 0.2) is 29.1 Å². The maximum absolute atomic E-state index is 11.5. The van der Waals surface area contributed by atoms with Crippen LogP contribution in [0.2, 0.25) is 0 Å². The molecule has 0 unspecified atom stereocenters. The van der Waals surface area contributed by atoms with Crippen LogP contribution < -0.4 is 5.56 Å². The lowest BCUT2D eigenvalue weighted by Gasteiger charge is -2.17. The molecule has 0 saturated heterocycles. The molecule has 2 N–H and O–H groups in total. The van der Waals surface area contributed by atoms with E-state index in [4.69, 9.17) is 5.26 Å². The van der Waals surface area contributed by atoms with Crippen molar-refractivity contribution in [3.8, 4) is 23.1 Å². The van der Waals surface area contributed by atoms with Gasteiger partial charge in [0.1, 0.15) is 11.6 Å². The van der Waals surface area contributed by atoms with Crippen LogP contribution in [-0.2, 0) is 12.8 Å². The number of aromatic amines is 1. The number of nitrogens with zero attached hydrogens (tertiary/aromatic N) is 1. The third kappa shape index (κ3) is 2.08. The van der Waals surface area contributed by atoms with Gasteiger partial charge in [-0.05, 0) is 42.4 Å². The van der Waals surface area contributed by atoms with Gasteiger partial charge in [0.15, 0.2) is 0 Å². The Kier molecular flexibility index (Phi) is 3.03. The highest BCUT2D eigenvalue weighted by atomic mass is 16.3. The van der Waals surface area contributed by atoms with Crippen LogP contribution in [-0.4, -0.2) is 10.1 Å². The number of benzene rings is 1. The number of fused-ring (bicyclic) bond motifs is 1. The molecule has 4 nitrogen and oxygen atoms in total. The molecule has 0 spiro atoms. The van der Waals surface area contributed by atoms with E-state index in [1.807, 2.05) is 18.2 Å². The van der Waals surface area contributed by atoms with Crippen LogP contribution in [0.4, 0.5) is 0 Å². The molecule has 1 heterocycles. The fourth-order valence-electron chi connectivity index (χ4n) is 2.79. The summed E-state index contributed by atoms with van der Waals surface area (Å²) in [6.45, 7) is 0. The zero-order chi connectivity index (χ0) is 14.1. The van der Waals surface area contributed by atoms with E-state index >= 15 is 0 Å². The Bertz CT molecular complexity index is 769. The molecule has 0 bridgehead atoms. The Balaban J connectivity index is 2.19. The van der Waals surface area contributed by atoms with E-state index in [-0.39, 0.29) is 11.4 Å². The molecule has 1 aromatic heterocycles. The summed E-state index contributed by atoms with van der Waals surface area (Å²) >= 11 is 0. The monoisotopic (exact) mass is 266 g/mol. The van der Waals surface area contributed by atoms with E-state index < -0.39 is 5.56 Å².